The number of alkyl halides is 3. The van der Waals surface area contributed by atoms with Gasteiger partial charge >= 0.3 is 17.3 Å². The first-order chi connectivity index (χ1) is 57.5. The number of nitro benzene ring substituents is 2. The predicted molar refractivity (Wildman–Crippen MR) is 526 cm³/mol. The number of fused-ring (bicyclic) bond motifs is 1. The average molecular weight is 2050 g/mol. The third-order valence-corrected chi connectivity index (χ3v) is 20.4. The van der Waals surface area contributed by atoms with E-state index in [0.717, 1.165) is 148 Å². The smallest absolute Gasteiger partial charge is 0.337 e. The van der Waals surface area contributed by atoms with Gasteiger partial charge < -0.3 is 90.0 Å². The minimum Gasteiger partial charge on any atom is -0.494 e. The van der Waals surface area contributed by atoms with E-state index >= 15 is 0 Å². The number of aliphatic hydroxyl groups is 3. The molecule has 5 atom stereocenters. The number of benzene rings is 6. The maximum Gasteiger partial charge on any atom is 0.337 e. The van der Waals surface area contributed by atoms with Gasteiger partial charge in [-0.05, 0) is 215 Å². The van der Waals surface area contributed by atoms with Crippen LogP contribution in [0.1, 0.15) is 148 Å². The van der Waals surface area contributed by atoms with Crippen LogP contribution in [0.25, 0.3) is 16.6 Å². The molecule has 28 nitrogen and oxygen atoms in total. The summed E-state index contributed by atoms with van der Waals surface area (Å²) in [5.41, 5.74) is 15.2. The Morgan fingerprint density at radius 3 is 1.32 bits per heavy atom. The number of carbonyl (C=O) groups is 1. The number of ether oxygens (including phenoxy) is 7. The number of aliphatic hydroxyl groups excluding tert-OH is 3. The summed E-state index contributed by atoms with van der Waals surface area (Å²) in [6.07, 6.45) is 11.4. The number of aryl methyl sites for hydroxylation is 3. The molecular weight excluding hydrogens is 1910 g/mol. The number of nitrogen functional groups attached to an aromatic ring is 2. The number of hydrogen-bond donors (Lipinski definition) is 7. The van der Waals surface area contributed by atoms with Crippen molar-refractivity contribution >= 4 is 113 Å². The van der Waals surface area contributed by atoms with Gasteiger partial charge in [-0.2, -0.15) is 0 Å². The molecule has 0 amide bonds. The second-order valence-electron chi connectivity index (χ2n) is 30.0. The van der Waals surface area contributed by atoms with Crippen molar-refractivity contribution in [1.82, 2.24) is 34.5 Å². The van der Waals surface area contributed by atoms with Crippen molar-refractivity contribution < 1.29 is 72.6 Å². The number of nitrogens with one attached hydrogen (secondary N) is 1. The van der Waals surface area contributed by atoms with E-state index in [2.05, 4.69) is 130 Å². The summed E-state index contributed by atoms with van der Waals surface area (Å²) in [7, 11) is 6.89. The van der Waals surface area contributed by atoms with Gasteiger partial charge in [-0.1, -0.05) is 141 Å². The van der Waals surface area contributed by atoms with Crippen LogP contribution in [0, 0.1) is 76.4 Å². The standard InChI is InChI=1S/C25H31N3O3.C15H22N2O4.C15H24N2O2.C8H9NO2.C8H17NO.C7H6FNO3.C5H11N.C3H7BrO.CH2I2.CH4O.3CH4.ClH/c1-17-6-8-22-21(14-17)25(29)28(19(3)26-22)23-9-7-20(15-24(23)30-4)31-13-5-11-27-12-10-18(2)16-27;1-12-6-8-16(11-12)7-3-9-21-13-4-5-14(17(18)19)15(10-13)20-2;1-12-6-8-17(11-12)7-3-9-19-13-4-5-14(16)15(10-13)18-2;1-5-2-3-7(9)6(4-5)8(10)11;1-8-3-5-9(7-8)4-2-6-10;1-12-7-4-5(8)2-3-6(7)9(10)11;1-5-2-3-6-4-5;4-2-1-3-5;2-1-3;1-2;;;;/h6-9,14-15,18H,5,10-13,16H2,1-4H3;4-5,10,12H,3,6-9,11H2,1-2H3;4-5,10,12H,3,6-9,11,16H2,1-2H3;2-4H,9H2,1H3,(H,10,11);8,10H,2-7H2,1H3;2-4H,1H3;5-6H,2-4H2,1H3;5H,1-3H2;1H2;2H,1H3;3*1H4;1H. The normalized spacial score (nSPS) is 16.5. The van der Waals surface area contributed by atoms with Gasteiger partial charge in [-0.15, -0.1) is 12.4 Å². The van der Waals surface area contributed by atoms with Crippen LogP contribution in [0.15, 0.2) is 114 Å². The number of rotatable bonds is 28. The Bertz CT molecular complexity index is 4170. The van der Waals surface area contributed by atoms with Crippen LogP contribution < -0.4 is 55.5 Å². The number of likely N-dealkylation sites (tertiary alicyclic amines) is 4. The molecule has 1 aromatic heterocycles. The van der Waals surface area contributed by atoms with E-state index in [0.29, 0.717) is 77.5 Å². The van der Waals surface area contributed by atoms with E-state index in [1.807, 2.05) is 75.4 Å². The lowest BCUT2D eigenvalue weighted by molar-refractivity contribution is -0.385. The lowest BCUT2D eigenvalue weighted by atomic mass is 10.1. The maximum atomic E-state index is 13.2. The number of nitrogens with two attached hydrogens (primary N) is 2. The summed E-state index contributed by atoms with van der Waals surface area (Å²) in [5, 5.41) is 58.1. The monoisotopic (exact) mass is 2050 g/mol. The lowest BCUT2D eigenvalue weighted by Crippen LogP contribution is -2.23. The largest absolute Gasteiger partial charge is 0.494 e. The van der Waals surface area contributed by atoms with Crippen LogP contribution in [0.2, 0.25) is 0 Å². The van der Waals surface area contributed by atoms with Crippen molar-refractivity contribution in [1.29, 1.82) is 0 Å². The van der Waals surface area contributed by atoms with Gasteiger partial charge in [0.25, 0.3) is 5.56 Å². The van der Waals surface area contributed by atoms with Gasteiger partial charge in [0.05, 0.1) is 88.4 Å². The molecule has 0 spiro atoms. The van der Waals surface area contributed by atoms with Gasteiger partial charge in [0, 0.05) is 120 Å². The molecule has 6 aromatic carbocycles. The number of hydrogen-bond acceptors (Lipinski definition) is 24. The third kappa shape index (κ3) is 45.5. The highest BCUT2D eigenvalue weighted by atomic mass is 127. The molecule has 5 fully saturated rings. The molecule has 0 saturated carbocycles. The zero-order chi connectivity index (χ0) is 89.1. The van der Waals surface area contributed by atoms with Crippen molar-refractivity contribution in [3.05, 3.63) is 168 Å². The number of carboxylic acid groups (broad SMARTS) is 1. The van der Waals surface area contributed by atoms with Gasteiger partial charge in [0.15, 0.2) is 5.75 Å². The summed E-state index contributed by atoms with van der Waals surface area (Å²) >= 11 is 7.70. The number of halogens is 5. The van der Waals surface area contributed by atoms with Gasteiger partial charge in [0.1, 0.15) is 40.4 Å². The zero-order valence-corrected chi connectivity index (χ0v) is 79.7. The topological polar surface area (TPSA) is 361 Å². The molecule has 0 bridgehead atoms. The molecule has 702 valence electrons. The molecule has 33 heteroatoms. The molecule has 5 aliphatic rings. The molecule has 5 unspecified atom stereocenters. The van der Waals surface area contributed by atoms with E-state index in [1.54, 1.807) is 49.1 Å². The Morgan fingerprint density at radius 2 is 0.952 bits per heavy atom. The summed E-state index contributed by atoms with van der Waals surface area (Å²) in [4.78, 5) is 58.3. The lowest BCUT2D eigenvalue weighted by Gasteiger charge is -2.17. The van der Waals surface area contributed by atoms with Crippen molar-refractivity contribution in [2.24, 2.45) is 29.6 Å². The molecule has 124 heavy (non-hydrogen) atoms. The molecule has 12 rings (SSSR count). The summed E-state index contributed by atoms with van der Waals surface area (Å²) in [5.74, 6) is 6.92. The fourth-order valence-corrected chi connectivity index (χ4v) is 13.7. The molecule has 0 radical (unpaired) electrons. The Kier molecular flexibility index (Phi) is 65.1. The van der Waals surface area contributed by atoms with Crippen molar-refractivity contribution in [2.45, 2.75) is 142 Å². The number of anilines is 2. The SMILES string of the molecule is C.C.C.CC1CCN(CCCO)C1.CC1CCNC1.CO.COc1cc(F)ccc1[N+](=O)[O-].COc1cc(OCCCN2CCC(C)C2)ccc1-n1c(C)nc2ccc(C)cc2c1=O.COc1cc(OCCCN2CCC(C)C2)ccc1N.COc1cc(OCCCN2CCC(C)C2)ccc1[N+](=O)[O-].Cc1ccc(N)c(C(=O)O)c1.Cl.ICI.OCCCBr. The number of carboxylic acids is 1. The van der Waals surface area contributed by atoms with E-state index < -0.39 is 21.6 Å². The molecule has 9 N–H and O–H groups in total. The Labute approximate surface area is 779 Å². The molecule has 5 aliphatic heterocycles. The van der Waals surface area contributed by atoms with Crippen LogP contribution >= 0.6 is 73.5 Å². The number of nitrogens with zero attached hydrogens (tertiary/aromatic N) is 8. The van der Waals surface area contributed by atoms with E-state index in [4.69, 9.17) is 60.3 Å². The Hall–Kier alpha value is -7.23. The van der Waals surface area contributed by atoms with Crippen LogP contribution in [0.4, 0.5) is 27.1 Å². The van der Waals surface area contributed by atoms with Crippen LogP contribution in [-0.2, 0) is 0 Å². The number of aromatic carboxylic acids is 1. The van der Waals surface area contributed by atoms with Crippen LogP contribution in [-0.4, -0.2) is 233 Å². The van der Waals surface area contributed by atoms with Crippen LogP contribution in [0.3, 0.4) is 0 Å². The fraction of sp³-hybridized carbons (Fsp3) is 0.571. The predicted octanol–water partition coefficient (Wildman–Crippen LogP) is 18.1. The number of aromatic nitrogens is 2. The van der Waals surface area contributed by atoms with E-state index in [-0.39, 0.29) is 68.7 Å². The Balaban J connectivity index is 0. The minimum atomic E-state index is -0.980. The second kappa shape index (κ2) is 68.0. The molecule has 0 aliphatic carbocycles. The van der Waals surface area contributed by atoms with Gasteiger partial charge in [-0.3, -0.25) is 29.6 Å². The van der Waals surface area contributed by atoms with Crippen molar-refractivity contribution in [3.8, 4) is 45.9 Å². The van der Waals surface area contributed by atoms with Crippen molar-refractivity contribution in [2.75, 3.05) is 179 Å². The first-order valence-electron chi connectivity index (χ1n) is 40.9. The first-order valence-corrected chi connectivity index (χ1v) is 45.1. The molecule has 6 heterocycles. The summed E-state index contributed by atoms with van der Waals surface area (Å²) in [6, 6.07) is 29.5. The summed E-state index contributed by atoms with van der Waals surface area (Å²) < 4.78 is 53.0. The third-order valence-electron chi connectivity index (χ3n) is 19.8. The van der Waals surface area contributed by atoms with Crippen molar-refractivity contribution in [3.63, 3.8) is 0 Å². The highest BCUT2D eigenvalue weighted by Crippen LogP contribution is 2.33. The van der Waals surface area contributed by atoms with Gasteiger partial charge in [-0.25, -0.2) is 14.2 Å². The van der Waals surface area contributed by atoms with Gasteiger partial charge in [0.2, 0.25) is 5.75 Å². The summed E-state index contributed by atoms with van der Waals surface area (Å²) in [6.45, 7) is 36.2. The van der Waals surface area contributed by atoms with E-state index in [9.17, 15) is 34.2 Å². The number of methoxy groups -OCH3 is 4. The quantitative estimate of drug-likeness (QED) is 0.00598. The minimum absolute atomic E-state index is 0. The average Bonchev–Trinajstić information content (AvgIpc) is 0.882. The second-order valence-corrected chi connectivity index (χ2v) is 35.3. The maximum absolute atomic E-state index is 13.2. The Morgan fingerprint density at radius 1 is 0.556 bits per heavy atom. The van der Waals surface area contributed by atoms with E-state index in [1.165, 1.54) is 120 Å². The highest BCUT2D eigenvalue weighted by molar-refractivity contribution is 14.2. The fourth-order valence-electron chi connectivity index (χ4n) is 13.5. The first kappa shape index (κ1) is 119. The molecule has 7 aromatic rings. The molecular formula is C91H146BrClFI2N11O17. The van der Waals surface area contributed by atoms with Crippen LogP contribution in [0.5, 0.6) is 40.2 Å². The number of nitro groups is 2. The zero-order valence-electron chi connectivity index (χ0n) is 72.9. The molecule has 5 saturated heterocycles. The highest BCUT2D eigenvalue weighted by Gasteiger charge is 2.23.